The number of methoxy groups -OCH3 is 1. The maximum absolute atomic E-state index is 12.0. The van der Waals surface area contributed by atoms with Crippen LogP contribution in [0, 0.1) is 0 Å². The molecule has 1 saturated heterocycles. The van der Waals surface area contributed by atoms with E-state index in [4.69, 9.17) is 21.1 Å². The van der Waals surface area contributed by atoms with Gasteiger partial charge in [0.15, 0.2) is 0 Å². The molecule has 2 N–H and O–H groups in total. The van der Waals surface area contributed by atoms with Gasteiger partial charge in [-0.25, -0.2) is 9.59 Å². The number of halogens is 1. The first-order valence-electron chi connectivity index (χ1n) is 7.98. The molecule has 0 aliphatic carbocycles. The summed E-state index contributed by atoms with van der Waals surface area (Å²) in [5, 5.41) is 5.89. The number of benzene rings is 2. The summed E-state index contributed by atoms with van der Waals surface area (Å²) in [7, 11) is 1.58. The Morgan fingerprint density at radius 1 is 1.31 bits per heavy atom. The van der Waals surface area contributed by atoms with Crippen LogP contribution in [0.1, 0.15) is 0 Å². The summed E-state index contributed by atoms with van der Waals surface area (Å²) in [6, 6.07) is 13.5. The van der Waals surface area contributed by atoms with Gasteiger partial charge in [-0.3, -0.25) is 4.90 Å². The van der Waals surface area contributed by atoms with E-state index >= 15 is 0 Å². The van der Waals surface area contributed by atoms with Gasteiger partial charge >= 0.3 is 12.1 Å². The Hall–Kier alpha value is -2.93. The van der Waals surface area contributed by atoms with E-state index in [-0.39, 0.29) is 6.54 Å². The summed E-state index contributed by atoms with van der Waals surface area (Å²) in [5.41, 5.74) is 1.29. The summed E-state index contributed by atoms with van der Waals surface area (Å²) in [5.74, 6) is 0.706. The number of rotatable bonds is 5. The molecule has 3 rings (SSSR count). The van der Waals surface area contributed by atoms with Gasteiger partial charge in [0.25, 0.3) is 0 Å². The van der Waals surface area contributed by atoms with Gasteiger partial charge in [-0.2, -0.15) is 0 Å². The highest BCUT2D eigenvalue weighted by Gasteiger charge is 2.32. The lowest BCUT2D eigenvalue weighted by atomic mass is 10.2. The summed E-state index contributed by atoms with van der Waals surface area (Å²) >= 11 is 5.88. The Morgan fingerprint density at radius 2 is 2.08 bits per heavy atom. The molecule has 0 radical (unpaired) electrons. The minimum absolute atomic E-state index is 0.199. The minimum atomic E-state index is -0.447. The van der Waals surface area contributed by atoms with Crippen LogP contribution in [0.3, 0.4) is 0 Å². The molecule has 26 heavy (non-hydrogen) atoms. The molecule has 0 aromatic heterocycles. The molecule has 1 aliphatic heterocycles. The Morgan fingerprint density at radius 3 is 2.77 bits per heavy atom. The minimum Gasteiger partial charge on any atom is -0.497 e. The molecular weight excluding hydrogens is 358 g/mol. The average Bonchev–Trinajstić information content (AvgIpc) is 3.01. The van der Waals surface area contributed by atoms with E-state index in [9.17, 15) is 9.59 Å². The van der Waals surface area contributed by atoms with Gasteiger partial charge in [0, 0.05) is 16.4 Å². The third-order valence-electron chi connectivity index (χ3n) is 3.83. The van der Waals surface area contributed by atoms with Crippen molar-refractivity contribution in [3.8, 4) is 5.75 Å². The van der Waals surface area contributed by atoms with Gasteiger partial charge in [0.1, 0.15) is 11.9 Å². The van der Waals surface area contributed by atoms with E-state index in [0.29, 0.717) is 28.7 Å². The number of anilines is 2. The molecule has 0 spiro atoms. The third kappa shape index (κ3) is 4.37. The normalized spacial score (nSPS) is 16.2. The lowest BCUT2D eigenvalue weighted by Crippen LogP contribution is -2.37. The first-order valence-corrected chi connectivity index (χ1v) is 8.35. The van der Waals surface area contributed by atoms with Crippen molar-refractivity contribution in [2.45, 2.75) is 6.10 Å². The van der Waals surface area contributed by atoms with Gasteiger partial charge < -0.3 is 20.1 Å². The Kier molecular flexibility index (Phi) is 5.48. The van der Waals surface area contributed by atoms with E-state index in [0.717, 1.165) is 0 Å². The standard InChI is InChI=1S/C18H18ClN3O4/c1-25-15-7-5-14(6-8-15)22-11-16(26-18(22)24)10-20-17(23)21-13-4-2-3-12(19)9-13/h2-9,16H,10-11H2,1H3,(H2,20,21,23). The van der Waals surface area contributed by atoms with Crippen molar-refractivity contribution in [3.63, 3.8) is 0 Å². The molecule has 1 aliphatic rings. The van der Waals surface area contributed by atoms with Gasteiger partial charge in [-0.15, -0.1) is 0 Å². The van der Waals surface area contributed by atoms with Crippen LogP contribution >= 0.6 is 11.6 Å². The van der Waals surface area contributed by atoms with Crippen LogP contribution in [0.5, 0.6) is 5.75 Å². The summed E-state index contributed by atoms with van der Waals surface area (Å²) in [6.45, 7) is 0.549. The first-order chi connectivity index (χ1) is 12.5. The van der Waals surface area contributed by atoms with Crippen molar-refractivity contribution in [2.75, 3.05) is 30.4 Å². The van der Waals surface area contributed by atoms with Gasteiger partial charge in [-0.1, -0.05) is 17.7 Å². The SMILES string of the molecule is COc1ccc(N2CC(CNC(=O)Nc3cccc(Cl)c3)OC2=O)cc1. The van der Waals surface area contributed by atoms with E-state index in [1.807, 2.05) is 0 Å². The lowest BCUT2D eigenvalue weighted by Gasteiger charge is -2.13. The lowest BCUT2D eigenvalue weighted by molar-refractivity contribution is 0.141. The number of cyclic esters (lactones) is 1. The molecule has 0 bridgehead atoms. The number of urea groups is 1. The van der Waals surface area contributed by atoms with Crippen LogP contribution < -0.4 is 20.3 Å². The van der Waals surface area contributed by atoms with Crippen LogP contribution in [0.15, 0.2) is 48.5 Å². The topological polar surface area (TPSA) is 79.9 Å². The molecule has 1 heterocycles. The van der Waals surface area contributed by atoms with Crippen molar-refractivity contribution in [1.82, 2.24) is 5.32 Å². The number of ether oxygens (including phenoxy) is 2. The van der Waals surface area contributed by atoms with Gasteiger partial charge in [0.2, 0.25) is 0 Å². The average molecular weight is 376 g/mol. The maximum Gasteiger partial charge on any atom is 0.414 e. The zero-order valence-electron chi connectivity index (χ0n) is 14.1. The van der Waals surface area contributed by atoms with Crippen molar-refractivity contribution >= 4 is 35.1 Å². The summed E-state index contributed by atoms with van der Waals surface area (Å²) < 4.78 is 10.4. The van der Waals surface area contributed by atoms with E-state index < -0.39 is 18.2 Å². The molecule has 1 unspecified atom stereocenters. The zero-order valence-corrected chi connectivity index (χ0v) is 14.8. The maximum atomic E-state index is 12.0. The first kappa shape index (κ1) is 17.9. The second kappa shape index (κ2) is 7.97. The van der Waals surface area contributed by atoms with Crippen molar-refractivity contribution in [1.29, 1.82) is 0 Å². The van der Waals surface area contributed by atoms with Crippen LogP contribution in [0.4, 0.5) is 21.0 Å². The second-order valence-electron chi connectivity index (χ2n) is 5.66. The highest BCUT2D eigenvalue weighted by molar-refractivity contribution is 6.30. The van der Waals surface area contributed by atoms with Gasteiger partial charge in [0.05, 0.1) is 20.2 Å². The molecule has 2 aromatic rings. The van der Waals surface area contributed by atoms with Gasteiger partial charge in [-0.05, 0) is 42.5 Å². The van der Waals surface area contributed by atoms with E-state index in [1.54, 1.807) is 55.6 Å². The molecule has 0 saturated carbocycles. The molecule has 8 heteroatoms. The fourth-order valence-corrected chi connectivity index (χ4v) is 2.74. The predicted molar refractivity (Wildman–Crippen MR) is 99.1 cm³/mol. The smallest absolute Gasteiger partial charge is 0.414 e. The zero-order chi connectivity index (χ0) is 18.5. The highest BCUT2D eigenvalue weighted by Crippen LogP contribution is 2.24. The Balaban J connectivity index is 1.51. The van der Waals surface area contributed by atoms with Crippen LogP contribution in [-0.2, 0) is 4.74 Å². The number of hydrogen-bond acceptors (Lipinski definition) is 4. The Labute approximate surface area is 155 Å². The van der Waals surface area contributed by atoms with E-state index in [2.05, 4.69) is 10.6 Å². The number of nitrogens with one attached hydrogen (secondary N) is 2. The Bertz CT molecular complexity index is 797. The number of carbonyl (C=O) groups excluding carboxylic acids is 2. The number of carbonyl (C=O) groups is 2. The van der Waals surface area contributed by atoms with Crippen molar-refractivity contribution < 1.29 is 19.1 Å². The molecule has 7 nitrogen and oxygen atoms in total. The molecule has 136 valence electrons. The predicted octanol–water partition coefficient (Wildman–Crippen LogP) is 3.50. The summed E-state index contributed by atoms with van der Waals surface area (Å²) in [4.78, 5) is 25.5. The van der Waals surface area contributed by atoms with Crippen LogP contribution in [0.2, 0.25) is 5.02 Å². The summed E-state index contributed by atoms with van der Waals surface area (Å²) in [6.07, 6.45) is -0.882. The fraction of sp³-hybridized carbons (Fsp3) is 0.222. The van der Waals surface area contributed by atoms with Crippen molar-refractivity contribution in [3.05, 3.63) is 53.6 Å². The van der Waals surface area contributed by atoms with E-state index in [1.165, 1.54) is 4.90 Å². The monoisotopic (exact) mass is 375 g/mol. The third-order valence-corrected chi connectivity index (χ3v) is 4.07. The van der Waals surface area contributed by atoms with Crippen LogP contribution in [-0.4, -0.2) is 38.4 Å². The number of hydrogen-bond donors (Lipinski definition) is 2. The molecule has 1 atom stereocenters. The number of nitrogens with zero attached hydrogens (tertiary/aromatic N) is 1. The second-order valence-corrected chi connectivity index (χ2v) is 6.10. The molecule has 2 aromatic carbocycles. The van der Waals surface area contributed by atoms with Crippen molar-refractivity contribution in [2.24, 2.45) is 0 Å². The molecular formula is C18H18ClN3O4. The molecule has 1 fully saturated rings. The highest BCUT2D eigenvalue weighted by atomic mass is 35.5. The molecule has 3 amide bonds. The number of amides is 3. The largest absolute Gasteiger partial charge is 0.497 e. The fourth-order valence-electron chi connectivity index (χ4n) is 2.55. The van der Waals surface area contributed by atoms with Crippen LogP contribution in [0.25, 0.3) is 0 Å². The quantitative estimate of drug-likeness (QED) is 0.838.